The highest BCUT2D eigenvalue weighted by Crippen LogP contribution is 2.26. The Hall–Kier alpha value is -3.09. The molecule has 2 aromatic rings. The molecule has 1 aromatic carbocycles. The van der Waals surface area contributed by atoms with Gasteiger partial charge in [0, 0.05) is 18.3 Å². The van der Waals surface area contributed by atoms with Crippen molar-refractivity contribution in [1.82, 2.24) is 9.97 Å². The summed E-state index contributed by atoms with van der Waals surface area (Å²) in [5, 5.41) is 12.2. The van der Waals surface area contributed by atoms with Crippen LogP contribution in [0.1, 0.15) is 5.56 Å². The van der Waals surface area contributed by atoms with Crippen LogP contribution in [0.2, 0.25) is 0 Å². The van der Waals surface area contributed by atoms with Crippen molar-refractivity contribution in [3.05, 3.63) is 42.1 Å². The van der Waals surface area contributed by atoms with Crippen molar-refractivity contribution in [3.8, 4) is 17.4 Å². The van der Waals surface area contributed by atoms with Crippen LogP contribution in [0.5, 0.6) is 17.4 Å². The Bertz CT molecular complexity index is 701. The Morgan fingerprint density at radius 1 is 1.27 bits per heavy atom. The van der Waals surface area contributed by atoms with Gasteiger partial charge in [-0.1, -0.05) is 6.07 Å². The summed E-state index contributed by atoms with van der Waals surface area (Å²) in [6.45, 7) is 0. The number of phenols is 1. The van der Waals surface area contributed by atoms with Gasteiger partial charge in [0.2, 0.25) is 11.8 Å². The molecule has 0 atom stereocenters. The second-order valence-corrected chi connectivity index (χ2v) is 4.18. The van der Waals surface area contributed by atoms with Crippen molar-refractivity contribution >= 4 is 17.9 Å². The third-order valence-electron chi connectivity index (χ3n) is 2.70. The molecule has 0 bridgehead atoms. The average molecular weight is 301 g/mol. The molecule has 0 aliphatic rings. The summed E-state index contributed by atoms with van der Waals surface area (Å²) in [6, 6.07) is 6.39. The molecule has 7 heteroatoms. The van der Waals surface area contributed by atoms with E-state index in [4.69, 9.17) is 9.47 Å². The van der Waals surface area contributed by atoms with Crippen LogP contribution in [0, 0.1) is 0 Å². The first kappa shape index (κ1) is 15.3. The predicted octanol–water partition coefficient (Wildman–Crippen LogP) is 1.85. The molecule has 0 unspecified atom stereocenters. The number of benzene rings is 1. The molecule has 7 nitrogen and oxygen atoms in total. The first-order valence-corrected chi connectivity index (χ1v) is 6.35. The van der Waals surface area contributed by atoms with E-state index in [0.717, 1.165) is 0 Å². The number of ether oxygens (including phenoxy) is 2. The van der Waals surface area contributed by atoms with Crippen molar-refractivity contribution in [3.63, 3.8) is 0 Å². The monoisotopic (exact) mass is 301 g/mol. The molecule has 1 aromatic heterocycles. The number of hydrogen-bond donors (Lipinski definition) is 2. The SMILES string of the molecule is COc1ccnc(NC(=O)/C=C/c2ccc(OC)c(O)c2)n1. The summed E-state index contributed by atoms with van der Waals surface area (Å²) in [6.07, 6.45) is 4.34. The van der Waals surface area contributed by atoms with Crippen LogP contribution < -0.4 is 14.8 Å². The van der Waals surface area contributed by atoms with Gasteiger partial charge in [0.05, 0.1) is 14.2 Å². The molecule has 0 spiro atoms. The number of nitrogens with zero attached hydrogens (tertiary/aromatic N) is 2. The Kier molecular flexibility index (Phi) is 4.92. The average Bonchev–Trinajstić information content (AvgIpc) is 2.53. The lowest BCUT2D eigenvalue weighted by atomic mass is 10.2. The number of rotatable bonds is 5. The number of aromatic hydroxyl groups is 1. The van der Waals surface area contributed by atoms with E-state index in [-0.39, 0.29) is 11.7 Å². The Morgan fingerprint density at radius 3 is 2.77 bits per heavy atom. The highest BCUT2D eigenvalue weighted by atomic mass is 16.5. The minimum atomic E-state index is -0.399. The van der Waals surface area contributed by atoms with Crippen LogP contribution in [0.4, 0.5) is 5.95 Å². The smallest absolute Gasteiger partial charge is 0.250 e. The molecule has 2 N–H and O–H groups in total. The van der Waals surface area contributed by atoms with Gasteiger partial charge in [0.15, 0.2) is 11.5 Å². The number of nitrogens with one attached hydrogen (secondary N) is 1. The van der Waals surface area contributed by atoms with Gasteiger partial charge in [-0.05, 0) is 23.8 Å². The molecule has 114 valence electrons. The molecule has 1 heterocycles. The minimum absolute atomic E-state index is 0.00110. The second kappa shape index (κ2) is 7.07. The van der Waals surface area contributed by atoms with Crippen LogP contribution in [-0.2, 0) is 4.79 Å². The Labute approximate surface area is 127 Å². The highest BCUT2D eigenvalue weighted by molar-refractivity contribution is 6.00. The van der Waals surface area contributed by atoms with Crippen molar-refractivity contribution in [2.75, 3.05) is 19.5 Å². The van der Waals surface area contributed by atoms with Gasteiger partial charge in [-0.2, -0.15) is 4.98 Å². The highest BCUT2D eigenvalue weighted by Gasteiger charge is 2.03. The van der Waals surface area contributed by atoms with Gasteiger partial charge < -0.3 is 14.6 Å². The molecular formula is C15H15N3O4. The largest absolute Gasteiger partial charge is 0.504 e. The third kappa shape index (κ3) is 3.95. The maximum atomic E-state index is 11.8. The molecule has 0 aliphatic carbocycles. The molecule has 1 amide bonds. The number of methoxy groups -OCH3 is 2. The fourth-order valence-electron chi connectivity index (χ4n) is 1.65. The Balaban J connectivity index is 2.03. The maximum Gasteiger partial charge on any atom is 0.250 e. The van der Waals surface area contributed by atoms with Gasteiger partial charge in [0.1, 0.15) is 0 Å². The third-order valence-corrected chi connectivity index (χ3v) is 2.70. The van der Waals surface area contributed by atoms with E-state index in [1.807, 2.05) is 0 Å². The second-order valence-electron chi connectivity index (χ2n) is 4.18. The van der Waals surface area contributed by atoms with E-state index in [9.17, 15) is 9.90 Å². The molecule has 0 saturated heterocycles. The quantitative estimate of drug-likeness (QED) is 0.819. The van der Waals surface area contributed by atoms with Gasteiger partial charge in [-0.3, -0.25) is 10.1 Å². The first-order chi connectivity index (χ1) is 10.6. The van der Waals surface area contributed by atoms with E-state index in [1.165, 1.54) is 32.6 Å². The van der Waals surface area contributed by atoms with Gasteiger partial charge >= 0.3 is 0 Å². The van der Waals surface area contributed by atoms with Crippen LogP contribution >= 0.6 is 0 Å². The summed E-state index contributed by atoms with van der Waals surface area (Å²) < 4.78 is 9.89. The van der Waals surface area contributed by atoms with Crippen molar-refractivity contribution in [2.45, 2.75) is 0 Å². The standard InChI is InChI=1S/C15H15N3O4/c1-21-12-5-3-10(9-11(12)19)4-6-13(20)17-15-16-8-7-14(18-15)22-2/h3-9,19H,1-2H3,(H,16,17,18,20)/b6-4+. The summed E-state index contributed by atoms with van der Waals surface area (Å²) >= 11 is 0. The van der Waals surface area contributed by atoms with Gasteiger partial charge in [0.25, 0.3) is 5.91 Å². The molecule has 0 saturated carbocycles. The summed E-state index contributed by atoms with van der Waals surface area (Å²) in [5.74, 6) is 0.470. The fourth-order valence-corrected chi connectivity index (χ4v) is 1.65. The topological polar surface area (TPSA) is 93.6 Å². The van der Waals surface area contributed by atoms with Gasteiger partial charge in [-0.15, -0.1) is 0 Å². The lowest BCUT2D eigenvalue weighted by Gasteiger charge is -2.04. The summed E-state index contributed by atoms with van der Waals surface area (Å²) in [4.78, 5) is 19.7. The molecule has 2 rings (SSSR count). The van der Waals surface area contributed by atoms with E-state index in [0.29, 0.717) is 17.2 Å². The van der Waals surface area contributed by atoms with E-state index >= 15 is 0 Å². The predicted molar refractivity (Wildman–Crippen MR) is 80.9 cm³/mol. The van der Waals surface area contributed by atoms with E-state index in [2.05, 4.69) is 15.3 Å². The van der Waals surface area contributed by atoms with Crippen LogP contribution in [0.15, 0.2) is 36.5 Å². The fraction of sp³-hybridized carbons (Fsp3) is 0.133. The molecule has 0 radical (unpaired) electrons. The first-order valence-electron chi connectivity index (χ1n) is 6.35. The lowest BCUT2D eigenvalue weighted by Crippen LogP contribution is -2.10. The van der Waals surface area contributed by atoms with Crippen molar-refractivity contribution in [2.24, 2.45) is 0 Å². The molecular weight excluding hydrogens is 286 g/mol. The summed E-state index contributed by atoms with van der Waals surface area (Å²) in [5.41, 5.74) is 0.653. The van der Waals surface area contributed by atoms with E-state index in [1.54, 1.807) is 24.3 Å². The number of anilines is 1. The number of amides is 1. The minimum Gasteiger partial charge on any atom is -0.504 e. The van der Waals surface area contributed by atoms with Crippen LogP contribution in [-0.4, -0.2) is 35.2 Å². The normalized spacial score (nSPS) is 10.5. The number of phenolic OH excluding ortho intramolecular Hbond substituents is 1. The zero-order valence-corrected chi connectivity index (χ0v) is 12.1. The maximum absolute atomic E-state index is 11.8. The zero-order valence-electron chi connectivity index (χ0n) is 12.1. The van der Waals surface area contributed by atoms with E-state index < -0.39 is 5.91 Å². The van der Waals surface area contributed by atoms with Crippen molar-refractivity contribution in [1.29, 1.82) is 0 Å². The number of carbonyl (C=O) groups is 1. The summed E-state index contributed by atoms with van der Waals surface area (Å²) in [7, 11) is 2.94. The molecule has 0 fully saturated rings. The van der Waals surface area contributed by atoms with Crippen LogP contribution in [0.3, 0.4) is 0 Å². The molecule has 0 aliphatic heterocycles. The number of aromatic nitrogens is 2. The Morgan fingerprint density at radius 2 is 2.09 bits per heavy atom. The lowest BCUT2D eigenvalue weighted by molar-refractivity contribution is -0.111. The number of carbonyl (C=O) groups excluding carboxylic acids is 1. The molecule has 22 heavy (non-hydrogen) atoms. The number of hydrogen-bond acceptors (Lipinski definition) is 6. The van der Waals surface area contributed by atoms with Crippen molar-refractivity contribution < 1.29 is 19.4 Å². The van der Waals surface area contributed by atoms with Gasteiger partial charge in [-0.25, -0.2) is 4.98 Å². The zero-order chi connectivity index (χ0) is 15.9. The van der Waals surface area contributed by atoms with Crippen LogP contribution in [0.25, 0.3) is 6.08 Å².